The number of hydrazone groups is 1. The fourth-order valence-electron chi connectivity index (χ4n) is 1.37. The van der Waals surface area contributed by atoms with Crippen LogP contribution in [0, 0.1) is 20.2 Å². The van der Waals surface area contributed by atoms with Crippen molar-refractivity contribution in [2.24, 2.45) is 5.10 Å². The van der Waals surface area contributed by atoms with Gasteiger partial charge in [-0.3, -0.25) is 25.7 Å². The lowest BCUT2D eigenvalue weighted by molar-refractivity contribution is -0.393. The van der Waals surface area contributed by atoms with Gasteiger partial charge in [-0.1, -0.05) is 18.2 Å². The van der Waals surface area contributed by atoms with Gasteiger partial charge in [-0.2, -0.15) is 5.10 Å². The number of non-ortho nitro benzene ring substituents is 1. The zero-order chi connectivity index (χ0) is 15.8. The number of hydrogen-bond donors (Lipinski definition) is 1. The van der Waals surface area contributed by atoms with E-state index in [0.29, 0.717) is 0 Å². The molecule has 0 fully saturated rings. The number of benzene rings is 1. The Morgan fingerprint density at radius 1 is 1.29 bits per heavy atom. The molecule has 0 radical (unpaired) electrons. The number of nitro benzene ring substituents is 2. The Kier molecular flexibility index (Phi) is 5.75. The van der Waals surface area contributed by atoms with Crippen LogP contribution in [0.1, 0.15) is 13.8 Å². The highest BCUT2D eigenvalue weighted by Crippen LogP contribution is 2.28. The molecule has 0 saturated carbocycles. The maximum absolute atomic E-state index is 10.9. The second kappa shape index (κ2) is 7.53. The third kappa shape index (κ3) is 4.86. The van der Waals surface area contributed by atoms with Crippen LogP contribution in [0.5, 0.6) is 0 Å². The van der Waals surface area contributed by atoms with E-state index in [1.54, 1.807) is 0 Å². The second-order valence-corrected chi connectivity index (χ2v) is 4.02. The van der Waals surface area contributed by atoms with Gasteiger partial charge in [-0.15, -0.1) is 0 Å². The average Bonchev–Trinajstić information content (AvgIpc) is 2.44. The van der Waals surface area contributed by atoms with Crippen molar-refractivity contribution < 1.29 is 9.85 Å². The summed E-state index contributed by atoms with van der Waals surface area (Å²) in [7, 11) is 0. The van der Waals surface area contributed by atoms with Gasteiger partial charge in [0.1, 0.15) is 5.69 Å². The van der Waals surface area contributed by atoms with Crippen LogP contribution in [0.2, 0.25) is 0 Å². The topological polar surface area (TPSA) is 111 Å². The molecule has 0 heterocycles. The molecular formula is C13H14N4O4. The van der Waals surface area contributed by atoms with E-state index < -0.39 is 15.5 Å². The van der Waals surface area contributed by atoms with E-state index >= 15 is 0 Å². The number of rotatable bonds is 6. The molecule has 8 heteroatoms. The van der Waals surface area contributed by atoms with E-state index in [0.717, 1.165) is 11.6 Å². The zero-order valence-corrected chi connectivity index (χ0v) is 11.5. The van der Waals surface area contributed by atoms with Crippen molar-refractivity contribution in [2.75, 3.05) is 5.43 Å². The van der Waals surface area contributed by atoms with Crippen LogP contribution in [-0.4, -0.2) is 16.1 Å². The summed E-state index contributed by atoms with van der Waals surface area (Å²) in [5.74, 6) is 0. The molecule has 0 aromatic heterocycles. The first kappa shape index (κ1) is 16.0. The SMILES string of the molecule is C/C=C/C=C(C)/C=N\Nc1ccc([N+](=O)[O-])cc1[N+](=O)[O-]. The highest BCUT2D eigenvalue weighted by atomic mass is 16.6. The second-order valence-electron chi connectivity index (χ2n) is 4.02. The molecule has 1 aromatic carbocycles. The number of allylic oxidation sites excluding steroid dienone is 4. The molecule has 0 amide bonds. The molecule has 0 aliphatic carbocycles. The lowest BCUT2D eigenvalue weighted by atomic mass is 10.2. The van der Waals surface area contributed by atoms with Gasteiger partial charge in [0.2, 0.25) is 0 Å². The highest BCUT2D eigenvalue weighted by Gasteiger charge is 2.18. The van der Waals surface area contributed by atoms with Crippen LogP contribution in [0.15, 0.2) is 47.1 Å². The fourth-order valence-corrected chi connectivity index (χ4v) is 1.37. The number of nitrogens with one attached hydrogen (secondary N) is 1. The third-order valence-electron chi connectivity index (χ3n) is 2.39. The molecule has 1 aromatic rings. The minimum absolute atomic E-state index is 0.0840. The Morgan fingerprint density at radius 3 is 2.57 bits per heavy atom. The van der Waals surface area contributed by atoms with E-state index in [1.807, 2.05) is 32.1 Å². The highest BCUT2D eigenvalue weighted by molar-refractivity contribution is 5.79. The van der Waals surface area contributed by atoms with Gasteiger partial charge in [0, 0.05) is 6.07 Å². The molecule has 21 heavy (non-hydrogen) atoms. The first-order valence-corrected chi connectivity index (χ1v) is 5.97. The number of anilines is 1. The summed E-state index contributed by atoms with van der Waals surface area (Å²) in [5.41, 5.74) is 2.68. The van der Waals surface area contributed by atoms with Crippen LogP contribution < -0.4 is 5.43 Å². The molecule has 0 atom stereocenters. The predicted octanol–water partition coefficient (Wildman–Crippen LogP) is 3.42. The molecule has 0 unspecified atom stereocenters. The van der Waals surface area contributed by atoms with Crippen LogP contribution in [0.25, 0.3) is 0 Å². The normalized spacial score (nSPS) is 12.0. The molecule has 110 valence electrons. The molecule has 0 bridgehead atoms. The summed E-state index contributed by atoms with van der Waals surface area (Å²) in [6.07, 6.45) is 6.99. The molecule has 0 spiro atoms. The number of nitrogens with zero attached hydrogens (tertiary/aromatic N) is 3. The van der Waals surface area contributed by atoms with Crippen molar-refractivity contribution in [1.82, 2.24) is 0 Å². The molecule has 1 rings (SSSR count). The van der Waals surface area contributed by atoms with Crippen molar-refractivity contribution >= 4 is 23.3 Å². The van der Waals surface area contributed by atoms with Gasteiger partial charge >= 0.3 is 5.69 Å². The monoisotopic (exact) mass is 290 g/mol. The van der Waals surface area contributed by atoms with E-state index in [-0.39, 0.29) is 11.4 Å². The summed E-state index contributed by atoms with van der Waals surface area (Å²) in [4.78, 5) is 20.1. The Labute approximate surface area is 120 Å². The van der Waals surface area contributed by atoms with Crippen LogP contribution in [0.4, 0.5) is 17.1 Å². The standard InChI is InChI=1S/C13H14N4O4/c1-3-4-5-10(2)9-14-15-12-7-6-11(16(18)19)8-13(12)17(20)21/h3-9,15H,1-2H3/b4-3+,10-5+,14-9-. The maximum Gasteiger partial charge on any atom is 0.301 e. The molecule has 0 aliphatic rings. The molecule has 1 N–H and O–H groups in total. The smallest absolute Gasteiger partial charge is 0.272 e. The van der Waals surface area contributed by atoms with Crippen LogP contribution >= 0.6 is 0 Å². The van der Waals surface area contributed by atoms with E-state index in [1.165, 1.54) is 18.3 Å². The molecule has 0 aliphatic heterocycles. The Hall–Kier alpha value is -3.03. The minimum Gasteiger partial charge on any atom is -0.272 e. The van der Waals surface area contributed by atoms with E-state index in [9.17, 15) is 20.2 Å². The zero-order valence-electron chi connectivity index (χ0n) is 11.5. The van der Waals surface area contributed by atoms with Gasteiger partial charge in [0.05, 0.1) is 22.1 Å². The molecule has 8 nitrogen and oxygen atoms in total. The van der Waals surface area contributed by atoms with E-state index in [2.05, 4.69) is 10.5 Å². The lowest BCUT2D eigenvalue weighted by Crippen LogP contribution is -1.98. The molecular weight excluding hydrogens is 276 g/mol. The van der Waals surface area contributed by atoms with Gasteiger partial charge < -0.3 is 0 Å². The predicted molar refractivity (Wildman–Crippen MR) is 80.4 cm³/mol. The quantitative estimate of drug-likeness (QED) is 0.373. The summed E-state index contributed by atoms with van der Waals surface area (Å²) in [5, 5.41) is 25.4. The van der Waals surface area contributed by atoms with Crippen molar-refractivity contribution in [1.29, 1.82) is 0 Å². The van der Waals surface area contributed by atoms with Gasteiger partial charge in [-0.25, -0.2) is 0 Å². The van der Waals surface area contributed by atoms with Crippen LogP contribution in [-0.2, 0) is 0 Å². The summed E-state index contributed by atoms with van der Waals surface area (Å²) in [6.45, 7) is 3.69. The van der Waals surface area contributed by atoms with Gasteiger partial charge in [-0.05, 0) is 25.5 Å². The van der Waals surface area contributed by atoms with Crippen LogP contribution in [0.3, 0.4) is 0 Å². The lowest BCUT2D eigenvalue weighted by Gasteiger charge is -2.01. The minimum atomic E-state index is -0.701. The van der Waals surface area contributed by atoms with Crippen molar-refractivity contribution in [3.63, 3.8) is 0 Å². The number of nitro groups is 2. The summed E-state index contributed by atoms with van der Waals surface area (Å²) in [6, 6.07) is 3.31. The Bertz CT molecular complexity index is 635. The Morgan fingerprint density at radius 2 is 2.00 bits per heavy atom. The third-order valence-corrected chi connectivity index (χ3v) is 2.39. The van der Waals surface area contributed by atoms with E-state index in [4.69, 9.17) is 0 Å². The molecule has 0 saturated heterocycles. The first-order chi connectivity index (χ1) is 9.95. The number of hydrogen-bond acceptors (Lipinski definition) is 6. The average molecular weight is 290 g/mol. The maximum atomic E-state index is 10.9. The summed E-state index contributed by atoms with van der Waals surface area (Å²) < 4.78 is 0. The fraction of sp³-hybridized carbons (Fsp3) is 0.154. The van der Waals surface area contributed by atoms with Gasteiger partial charge in [0.25, 0.3) is 5.69 Å². The van der Waals surface area contributed by atoms with Crippen molar-refractivity contribution in [2.45, 2.75) is 13.8 Å². The summed E-state index contributed by atoms with van der Waals surface area (Å²) >= 11 is 0. The van der Waals surface area contributed by atoms with Crippen molar-refractivity contribution in [3.8, 4) is 0 Å². The largest absolute Gasteiger partial charge is 0.301 e. The Balaban J connectivity index is 2.96. The first-order valence-electron chi connectivity index (χ1n) is 5.97. The van der Waals surface area contributed by atoms with Gasteiger partial charge in [0.15, 0.2) is 0 Å². The van der Waals surface area contributed by atoms with Crippen molar-refractivity contribution in [3.05, 3.63) is 62.2 Å².